The minimum Gasteiger partial charge on any atom is -0.447 e. The highest BCUT2D eigenvalue weighted by molar-refractivity contribution is 5.68. The average molecular weight is 311 g/mol. The van der Waals surface area contributed by atoms with E-state index in [1.165, 1.54) is 0 Å². The van der Waals surface area contributed by atoms with E-state index >= 15 is 0 Å². The fourth-order valence-corrected chi connectivity index (χ4v) is 1.34. The lowest BCUT2D eigenvalue weighted by Crippen LogP contribution is -2.67. The average Bonchev–Trinajstić information content (AvgIpc) is 2.28. The van der Waals surface area contributed by atoms with Crippen LogP contribution in [0.3, 0.4) is 0 Å². The van der Waals surface area contributed by atoms with Crippen molar-refractivity contribution < 1.29 is 40.6 Å². The fraction of sp³-hybridized carbons (Fsp3) is 0.900. The van der Waals surface area contributed by atoms with Gasteiger partial charge in [0.25, 0.3) is 0 Å². The predicted molar refractivity (Wildman–Crippen MR) is 56.1 cm³/mol. The van der Waals surface area contributed by atoms with Gasteiger partial charge < -0.3 is 9.47 Å². The largest absolute Gasteiger partial charge is 0.447 e. The van der Waals surface area contributed by atoms with Gasteiger partial charge >= 0.3 is 18.4 Å². The first-order valence-electron chi connectivity index (χ1n) is 5.68. The molecule has 0 rings (SSSR count). The van der Waals surface area contributed by atoms with Crippen LogP contribution in [0, 0.1) is 0 Å². The molecule has 20 heavy (non-hydrogen) atoms. The molecule has 0 aromatic heterocycles. The Balaban J connectivity index is 4.88. The van der Waals surface area contributed by atoms with Gasteiger partial charge in [-0.2, -0.15) is 26.3 Å². The molecule has 120 valence electrons. The molecule has 0 atom stereocenters. The van der Waals surface area contributed by atoms with Crippen LogP contribution in [0.25, 0.3) is 0 Å². The molecular weight excluding hydrogens is 296 g/mol. The van der Waals surface area contributed by atoms with Crippen molar-refractivity contribution in [1.29, 1.82) is 0 Å². The van der Waals surface area contributed by atoms with Crippen molar-refractivity contribution in [3.8, 4) is 0 Å². The third-order valence-electron chi connectivity index (χ3n) is 2.48. The number of amides is 1. The van der Waals surface area contributed by atoms with Crippen LogP contribution in [0.2, 0.25) is 0 Å². The van der Waals surface area contributed by atoms with Gasteiger partial charge in [0.15, 0.2) is 0 Å². The summed E-state index contributed by atoms with van der Waals surface area (Å²) in [6, 6.07) is 0. The van der Waals surface area contributed by atoms with E-state index in [9.17, 15) is 31.1 Å². The second-order valence-electron chi connectivity index (χ2n) is 3.71. The number of halogens is 6. The minimum atomic E-state index is -5.70. The molecule has 0 saturated heterocycles. The Morgan fingerprint density at radius 3 is 1.85 bits per heavy atom. The second-order valence-corrected chi connectivity index (χ2v) is 3.71. The number of hydrogen-bond donors (Lipinski definition) is 1. The summed E-state index contributed by atoms with van der Waals surface area (Å²) in [5.41, 5.74) is -4.33. The standard InChI is InChI=1S/C10H15F6NO3/c1-3-8(9(11,12)13,10(14,15)16)17-7(18)20-6-5-19-4-2/h3-6H2,1-2H3,(H,17,18). The molecule has 4 nitrogen and oxygen atoms in total. The van der Waals surface area contributed by atoms with Crippen molar-refractivity contribution in [1.82, 2.24) is 5.32 Å². The lowest BCUT2D eigenvalue weighted by molar-refractivity contribution is -0.305. The lowest BCUT2D eigenvalue weighted by Gasteiger charge is -2.36. The topological polar surface area (TPSA) is 47.6 Å². The van der Waals surface area contributed by atoms with E-state index in [4.69, 9.17) is 4.74 Å². The van der Waals surface area contributed by atoms with Crippen LogP contribution in [-0.2, 0) is 9.47 Å². The summed E-state index contributed by atoms with van der Waals surface area (Å²) in [4.78, 5) is 11.1. The maximum atomic E-state index is 12.7. The van der Waals surface area contributed by atoms with E-state index in [1.807, 2.05) is 0 Å². The van der Waals surface area contributed by atoms with Crippen LogP contribution in [0.5, 0.6) is 0 Å². The Kier molecular flexibility index (Phi) is 6.59. The normalized spacial score (nSPS) is 13.2. The lowest BCUT2D eigenvalue weighted by atomic mass is 9.94. The van der Waals surface area contributed by atoms with E-state index in [-0.39, 0.29) is 13.2 Å². The van der Waals surface area contributed by atoms with Crippen LogP contribution in [-0.4, -0.2) is 43.8 Å². The Morgan fingerprint density at radius 2 is 1.50 bits per heavy atom. The number of ether oxygens (including phenoxy) is 2. The molecule has 0 aromatic carbocycles. The number of carbonyl (C=O) groups excluding carboxylic acids is 1. The molecule has 0 unspecified atom stereocenters. The number of alkyl halides is 6. The van der Waals surface area contributed by atoms with Crippen molar-refractivity contribution in [3.63, 3.8) is 0 Å². The van der Waals surface area contributed by atoms with Gasteiger partial charge in [-0.3, -0.25) is 5.32 Å². The Bertz CT molecular complexity index is 301. The highest BCUT2D eigenvalue weighted by Gasteiger charge is 2.70. The zero-order valence-electron chi connectivity index (χ0n) is 10.8. The Morgan fingerprint density at radius 1 is 1.00 bits per heavy atom. The molecule has 0 aliphatic carbocycles. The molecule has 0 saturated carbocycles. The smallest absolute Gasteiger partial charge is 0.420 e. The van der Waals surface area contributed by atoms with Gasteiger partial charge in [0, 0.05) is 6.61 Å². The van der Waals surface area contributed by atoms with Crippen molar-refractivity contribution >= 4 is 6.09 Å². The molecule has 0 spiro atoms. The van der Waals surface area contributed by atoms with Crippen molar-refractivity contribution in [2.45, 2.75) is 38.2 Å². The van der Waals surface area contributed by atoms with Crippen LogP contribution in [0.15, 0.2) is 0 Å². The molecule has 1 amide bonds. The van der Waals surface area contributed by atoms with Crippen molar-refractivity contribution in [2.75, 3.05) is 19.8 Å². The van der Waals surface area contributed by atoms with Crippen LogP contribution in [0.1, 0.15) is 20.3 Å². The van der Waals surface area contributed by atoms with E-state index in [0.29, 0.717) is 6.92 Å². The van der Waals surface area contributed by atoms with Gasteiger partial charge in [0.05, 0.1) is 6.61 Å². The maximum Gasteiger partial charge on any atom is 0.420 e. The molecule has 10 heteroatoms. The van der Waals surface area contributed by atoms with Gasteiger partial charge in [-0.15, -0.1) is 0 Å². The van der Waals surface area contributed by atoms with Crippen LogP contribution >= 0.6 is 0 Å². The van der Waals surface area contributed by atoms with Gasteiger partial charge in [-0.25, -0.2) is 4.79 Å². The van der Waals surface area contributed by atoms with Crippen molar-refractivity contribution in [3.05, 3.63) is 0 Å². The van der Waals surface area contributed by atoms with Crippen LogP contribution < -0.4 is 5.32 Å². The summed E-state index contributed by atoms with van der Waals surface area (Å²) in [6.45, 7) is 1.99. The van der Waals surface area contributed by atoms with Crippen molar-refractivity contribution in [2.24, 2.45) is 0 Å². The number of carbonyl (C=O) groups is 1. The molecule has 0 radical (unpaired) electrons. The number of alkyl carbamates (subject to hydrolysis) is 1. The minimum absolute atomic E-state index is 0.124. The Labute approximate surface area is 111 Å². The van der Waals surface area contributed by atoms with E-state index < -0.39 is 37.0 Å². The number of hydrogen-bond acceptors (Lipinski definition) is 3. The highest BCUT2D eigenvalue weighted by Crippen LogP contribution is 2.45. The summed E-state index contributed by atoms with van der Waals surface area (Å²) in [5, 5.41) is 0.870. The quantitative estimate of drug-likeness (QED) is 0.606. The molecule has 0 fully saturated rings. The monoisotopic (exact) mass is 311 g/mol. The second kappa shape index (κ2) is 7.00. The van der Waals surface area contributed by atoms with Gasteiger partial charge in [-0.1, -0.05) is 6.92 Å². The third-order valence-corrected chi connectivity index (χ3v) is 2.48. The Hall–Kier alpha value is -1.19. The first kappa shape index (κ1) is 18.8. The van der Waals surface area contributed by atoms with E-state index in [1.54, 1.807) is 6.92 Å². The molecule has 0 heterocycles. The zero-order valence-corrected chi connectivity index (χ0v) is 10.8. The molecule has 0 aliphatic rings. The molecular formula is C10H15F6NO3. The van der Waals surface area contributed by atoms with E-state index in [0.717, 1.165) is 5.32 Å². The van der Waals surface area contributed by atoms with Gasteiger partial charge in [-0.05, 0) is 13.3 Å². The predicted octanol–water partition coefficient (Wildman–Crippen LogP) is 3.02. The summed E-state index contributed by atoms with van der Waals surface area (Å²) >= 11 is 0. The summed E-state index contributed by atoms with van der Waals surface area (Å²) in [5.74, 6) is 0. The maximum absolute atomic E-state index is 12.7. The first-order chi connectivity index (χ1) is 9.02. The summed E-state index contributed by atoms with van der Waals surface area (Å²) in [7, 11) is 0. The van der Waals surface area contributed by atoms with Gasteiger partial charge in [0.1, 0.15) is 6.61 Å². The summed E-state index contributed by atoms with van der Waals surface area (Å²) in [6.07, 6.45) is -14.6. The third kappa shape index (κ3) is 4.43. The highest BCUT2D eigenvalue weighted by atomic mass is 19.4. The van der Waals surface area contributed by atoms with Gasteiger partial charge in [0.2, 0.25) is 5.54 Å². The molecule has 0 aliphatic heterocycles. The molecule has 0 aromatic rings. The first-order valence-corrected chi connectivity index (χ1v) is 5.68. The van der Waals surface area contributed by atoms with E-state index in [2.05, 4.69) is 4.74 Å². The fourth-order valence-electron chi connectivity index (χ4n) is 1.34. The SMILES string of the molecule is CCOCCOC(=O)NC(CC)(C(F)(F)F)C(F)(F)F. The molecule has 1 N–H and O–H groups in total. The number of nitrogens with one attached hydrogen (secondary N) is 1. The zero-order chi connectivity index (χ0) is 16.0. The number of rotatable bonds is 6. The van der Waals surface area contributed by atoms with Crippen LogP contribution in [0.4, 0.5) is 31.1 Å². The summed E-state index contributed by atoms with van der Waals surface area (Å²) < 4.78 is 84.9. The molecule has 0 bridgehead atoms.